The lowest BCUT2D eigenvalue weighted by atomic mass is 10.0. The van der Waals surface area contributed by atoms with Crippen LogP contribution >= 0.6 is 0 Å². The van der Waals surface area contributed by atoms with Crippen molar-refractivity contribution in [2.75, 3.05) is 6.61 Å². The van der Waals surface area contributed by atoms with E-state index >= 15 is 0 Å². The second-order valence-corrected chi connectivity index (χ2v) is 9.80. The molecule has 5 heteroatoms. The molecule has 0 amide bonds. The van der Waals surface area contributed by atoms with Crippen molar-refractivity contribution in [2.24, 2.45) is 0 Å². The van der Waals surface area contributed by atoms with E-state index in [1.807, 2.05) is 6.07 Å². The predicted octanol–water partition coefficient (Wildman–Crippen LogP) is 9.71. The summed E-state index contributed by atoms with van der Waals surface area (Å²) in [6.07, 6.45) is 12.2. The Kier molecular flexibility index (Phi) is 12.3. The molecule has 0 saturated carbocycles. The van der Waals surface area contributed by atoms with E-state index in [1.165, 1.54) is 43.9 Å². The van der Waals surface area contributed by atoms with Crippen LogP contribution in [0.25, 0.3) is 11.1 Å². The molecule has 0 aromatic heterocycles. The smallest absolute Gasteiger partial charge is 0.343 e. The Balaban J connectivity index is 1.53. The average Bonchev–Trinajstić information content (AvgIpc) is 2.92. The van der Waals surface area contributed by atoms with E-state index in [4.69, 9.17) is 9.47 Å². The van der Waals surface area contributed by atoms with Gasteiger partial charge >= 0.3 is 5.97 Å². The molecular formula is C33H40F2O3. The van der Waals surface area contributed by atoms with Gasteiger partial charge in [0.25, 0.3) is 0 Å². The van der Waals surface area contributed by atoms with Gasteiger partial charge in [0.05, 0.1) is 12.2 Å². The summed E-state index contributed by atoms with van der Waals surface area (Å²) in [5.41, 5.74) is 2.62. The molecule has 38 heavy (non-hydrogen) atoms. The average molecular weight is 523 g/mol. The fourth-order valence-corrected chi connectivity index (χ4v) is 4.36. The number of esters is 1. The molecule has 0 N–H and O–H groups in total. The van der Waals surface area contributed by atoms with Crippen molar-refractivity contribution in [1.82, 2.24) is 0 Å². The highest BCUT2D eigenvalue weighted by molar-refractivity contribution is 5.91. The highest BCUT2D eigenvalue weighted by Crippen LogP contribution is 2.27. The van der Waals surface area contributed by atoms with Crippen LogP contribution in [-0.4, -0.2) is 12.6 Å². The largest absolute Gasteiger partial charge is 0.491 e. The number of rotatable bonds is 16. The van der Waals surface area contributed by atoms with E-state index in [1.54, 1.807) is 36.4 Å². The van der Waals surface area contributed by atoms with Crippen LogP contribution in [0.15, 0.2) is 60.7 Å². The van der Waals surface area contributed by atoms with Crippen molar-refractivity contribution in [3.05, 3.63) is 83.4 Å². The van der Waals surface area contributed by atoms with Crippen LogP contribution in [0, 0.1) is 11.6 Å². The Morgan fingerprint density at radius 2 is 1.26 bits per heavy atom. The van der Waals surface area contributed by atoms with Gasteiger partial charge in [-0.3, -0.25) is 0 Å². The minimum atomic E-state index is -0.642. The van der Waals surface area contributed by atoms with Crippen molar-refractivity contribution >= 4 is 5.97 Å². The molecule has 0 atom stereocenters. The Morgan fingerprint density at radius 1 is 0.658 bits per heavy atom. The number of benzene rings is 3. The third kappa shape index (κ3) is 9.27. The second-order valence-electron chi connectivity index (χ2n) is 9.80. The van der Waals surface area contributed by atoms with E-state index in [0.29, 0.717) is 12.2 Å². The van der Waals surface area contributed by atoms with Crippen LogP contribution < -0.4 is 9.47 Å². The van der Waals surface area contributed by atoms with Gasteiger partial charge in [0, 0.05) is 0 Å². The second kappa shape index (κ2) is 15.9. The lowest BCUT2D eigenvalue weighted by molar-refractivity contribution is 0.0728. The SMILES string of the molecule is CCCCCCCCc1ccc(OC(=O)c2ccc(-c3ccc(OCCCCCC)c(F)c3)cc2)c(F)c1. The minimum Gasteiger partial charge on any atom is -0.491 e. The molecule has 0 aliphatic heterocycles. The summed E-state index contributed by atoms with van der Waals surface area (Å²) in [5, 5.41) is 0. The molecule has 3 rings (SSSR count). The number of hydrogen-bond acceptors (Lipinski definition) is 3. The van der Waals surface area contributed by atoms with Gasteiger partial charge < -0.3 is 9.47 Å². The predicted molar refractivity (Wildman–Crippen MR) is 150 cm³/mol. The van der Waals surface area contributed by atoms with Gasteiger partial charge in [0.2, 0.25) is 0 Å². The molecule has 0 bridgehead atoms. The highest BCUT2D eigenvalue weighted by Gasteiger charge is 2.14. The molecule has 3 nitrogen and oxygen atoms in total. The third-order valence-electron chi connectivity index (χ3n) is 6.66. The van der Waals surface area contributed by atoms with Crippen molar-refractivity contribution in [3.63, 3.8) is 0 Å². The van der Waals surface area contributed by atoms with Crippen molar-refractivity contribution in [2.45, 2.75) is 84.5 Å². The molecule has 204 valence electrons. The first-order valence-corrected chi connectivity index (χ1v) is 14.0. The van der Waals surface area contributed by atoms with Crippen LogP contribution in [0.5, 0.6) is 11.5 Å². The zero-order valence-electron chi connectivity index (χ0n) is 22.7. The summed E-state index contributed by atoms with van der Waals surface area (Å²) in [6, 6.07) is 16.3. The summed E-state index contributed by atoms with van der Waals surface area (Å²) >= 11 is 0. The maximum absolute atomic E-state index is 14.6. The quantitative estimate of drug-likeness (QED) is 0.107. The molecule has 0 unspecified atom stereocenters. The van der Waals surface area contributed by atoms with Gasteiger partial charge in [-0.2, -0.15) is 0 Å². The first kappa shape index (κ1) is 29.3. The molecule has 3 aromatic carbocycles. The molecule has 0 aliphatic rings. The minimum absolute atomic E-state index is 0.0851. The topological polar surface area (TPSA) is 35.5 Å². The third-order valence-corrected chi connectivity index (χ3v) is 6.66. The monoisotopic (exact) mass is 522 g/mol. The molecule has 0 spiro atoms. The van der Waals surface area contributed by atoms with Crippen molar-refractivity contribution in [1.29, 1.82) is 0 Å². The Labute approximate surface area is 226 Å². The van der Waals surface area contributed by atoms with Crippen LogP contribution in [-0.2, 0) is 6.42 Å². The van der Waals surface area contributed by atoms with Gasteiger partial charge in [0.15, 0.2) is 23.1 Å². The fourth-order valence-electron chi connectivity index (χ4n) is 4.36. The number of ether oxygens (including phenoxy) is 2. The Hall–Kier alpha value is -3.21. The number of unbranched alkanes of at least 4 members (excludes halogenated alkanes) is 8. The van der Waals surface area contributed by atoms with E-state index < -0.39 is 17.6 Å². The fraction of sp³-hybridized carbons (Fsp3) is 0.424. The molecule has 3 aromatic rings. The summed E-state index contributed by atoms with van der Waals surface area (Å²) in [6.45, 7) is 4.83. The van der Waals surface area contributed by atoms with E-state index in [0.717, 1.165) is 56.1 Å². The van der Waals surface area contributed by atoms with Crippen LogP contribution in [0.2, 0.25) is 0 Å². The van der Waals surface area contributed by atoms with Gasteiger partial charge in [-0.25, -0.2) is 13.6 Å². The van der Waals surface area contributed by atoms with Crippen LogP contribution in [0.1, 0.15) is 94.0 Å². The summed E-state index contributed by atoms with van der Waals surface area (Å²) in [5.74, 6) is -1.45. The first-order valence-electron chi connectivity index (χ1n) is 14.0. The lowest BCUT2D eigenvalue weighted by Gasteiger charge is -2.10. The van der Waals surface area contributed by atoms with Crippen LogP contribution in [0.4, 0.5) is 8.78 Å². The first-order chi connectivity index (χ1) is 18.5. The molecule has 0 heterocycles. The van der Waals surface area contributed by atoms with E-state index in [-0.39, 0.29) is 17.1 Å². The van der Waals surface area contributed by atoms with Gasteiger partial charge in [-0.1, -0.05) is 89.5 Å². The standard InChI is InChI=1S/C33H40F2O3/c1-3-5-7-9-10-11-13-25-14-20-32(29(34)23-25)38-33(36)27-17-15-26(16-18-27)28-19-21-31(30(35)24-28)37-22-12-8-6-4-2/h14-21,23-24H,3-13,22H2,1-2H3. The molecule has 0 radical (unpaired) electrons. The number of hydrogen-bond donors (Lipinski definition) is 0. The summed E-state index contributed by atoms with van der Waals surface area (Å²) in [7, 11) is 0. The molecule has 0 saturated heterocycles. The number of aryl methyl sites for hydroxylation is 1. The maximum Gasteiger partial charge on any atom is 0.343 e. The zero-order chi connectivity index (χ0) is 27.2. The molecule has 0 fully saturated rings. The zero-order valence-corrected chi connectivity index (χ0v) is 22.7. The van der Waals surface area contributed by atoms with Crippen molar-refractivity contribution in [3.8, 4) is 22.6 Å². The maximum atomic E-state index is 14.6. The Bertz CT molecular complexity index is 1140. The summed E-state index contributed by atoms with van der Waals surface area (Å²) in [4.78, 5) is 12.6. The van der Waals surface area contributed by atoms with Gasteiger partial charge in [0.1, 0.15) is 0 Å². The van der Waals surface area contributed by atoms with E-state index in [9.17, 15) is 13.6 Å². The normalized spacial score (nSPS) is 10.9. The number of carbonyl (C=O) groups is 1. The lowest BCUT2D eigenvalue weighted by Crippen LogP contribution is -2.09. The van der Waals surface area contributed by atoms with Gasteiger partial charge in [-0.05, 0) is 72.4 Å². The molecular weight excluding hydrogens is 482 g/mol. The van der Waals surface area contributed by atoms with Gasteiger partial charge in [-0.15, -0.1) is 0 Å². The number of halogens is 2. The Morgan fingerprint density at radius 3 is 1.95 bits per heavy atom. The van der Waals surface area contributed by atoms with E-state index in [2.05, 4.69) is 13.8 Å². The van der Waals surface area contributed by atoms with Crippen molar-refractivity contribution < 1.29 is 23.0 Å². The summed E-state index contributed by atoms with van der Waals surface area (Å²) < 4.78 is 40.0. The highest BCUT2D eigenvalue weighted by atomic mass is 19.1. The molecule has 0 aliphatic carbocycles. The number of carbonyl (C=O) groups excluding carboxylic acids is 1. The van der Waals surface area contributed by atoms with Crippen LogP contribution in [0.3, 0.4) is 0 Å².